The lowest BCUT2D eigenvalue weighted by Crippen LogP contribution is -2.01. The average Bonchev–Trinajstić information content (AvgIpc) is 3.73. The van der Waals surface area contributed by atoms with Gasteiger partial charge in [0.25, 0.3) is 0 Å². The molecule has 0 aliphatic carbocycles. The van der Waals surface area contributed by atoms with Gasteiger partial charge in [-0.15, -0.1) is 0 Å². The summed E-state index contributed by atoms with van der Waals surface area (Å²) in [5.74, 6) is 1.90. The Morgan fingerprint density at radius 2 is 1.05 bits per heavy atom. The number of hydrogen-bond donors (Lipinski definition) is 0. The largest absolute Gasteiger partial charge is 0.310 e. The van der Waals surface area contributed by atoms with Gasteiger partial charge in [0.05, 0.1) is 16.6 Å². The maximum absolute atomic E-state index is 5.06. The topological polar surface area (TPSA) is 48.5 Å². The summed E-state index contributed by atoms with van der Waals surface area (Å²) in [5.41, 5.74) is 10.7. The van der Waals surface area contributed by atoms with Crippen LogP contribution in [0.15, 0.2) is 183 Å². The van der Waals surface area contributed by atoms with Crippen LogP contribution < -0.4 is 0 Å². The third-order valence-electron chi connectivity index (χ3n) is 10.5. The Morgan fingerprint density at radius 3 is 1.75 bits per heavy atom. The quantitative estimate of drug-likeness (QED) is 0.155. The molecule has 0 atom stereocenters. The Morgan fingerprint density at radius 1 is 0.473 bits per heavy atom. The third-order valence-corrected chi connectivity index (χ3v) is 10.5. The number of benzene rings is 7. The number of aryl methyl sites for hydroxylation is 1. The molecule has 0 saturated heterocycles. The van der Waals surface area contributed by atoms with Gasteiger partial charge in [0.15, 0.2) is 17.5 Å². The highest BCUT2D eigenvalue weighted by Crippen LogP contribution is 2.41. The monoisotopic (exact) mass is 705 g/mol. The Hall–Kier alpha value is -7.37. The van der Waals surface area contributed by atoms with E-state index in [1.807, 2.05) is 72.8 Å². The molecule has 0 unspecified atom stereocenters. The highest BCUT2D eigenvalue weighted by Gasteiger charge is 2.21. The SMILES string of the molecule is C=C/C=C\c1c(C)c2cc3c4c5ccccc5ccc4n(-c4cccc(-c5nc(-c6ccccc6)nc(-c6ccccc6)n5)c4)c3cc2n1-c1ccccc1. The minimum Gasteiger partial charge on any atom is -0.310 e. The Kier molecular flexibility index (Phi) is 7.77. The number of nitrogens with zero attached hydrogens (tertiary/aromatic N) is 5. The van der Waals surface area contributed by atoms with Crippen LogP contribution in [0.5, 0.6) is 0 Å². The number of rotatable bonds is 7. The molecule has 3 aromatic heterocycles. The molecule has 0 aliphatic heterocycles. The summed E-state index contributed by atoms with van der Waals surface area (Å²) in [6, 6.07) is 57.3. The Balaban J connectivity index is 1.26. The lowest BCUT2D eigenvalue weighted by Gasteiger charge is -2.12. The van der Waals surface area contributed by atoms with Crippen molar-refractivity contribution in [2.24, 2.45) is 0 Å². The lowest BCUT2D eigenvalue weighted by atomic mass is 10.0. The van der Waals surface area contributed by atoms with Crippen LogP contribution in [0.2, 0.25) is 0 Å². The molecular formula is C50H35N5. The molecule has 10 aromatic rings. The van der Waals surface area contributed by atoms with Gasteiger partial charge in [-0.25, -0.2) is 15.0 Å². The summed E-state index contributed by atoms with van der Waals surface area (Å²) < 4.78 is 4.76. The molecule has 3 heterocycles. The van der Waals surface area contributed by atoms with Gasteiger partial charge in [0.2, 0.25) is 0 Å². The van der Waals surface area contributed by atoms with Crippen molar-refractivity contribution >= 4 is 49.6 Å². The molecule has 0 radical (unpaired) electrons. The predicted molar refractivity (Wildman–Crippen MR) is 229 cm³/mol. The zero-order valence-electron chi connectivity index (χ0n) is 30.3. The molecule has 7 aromatic carbocycles. The summed E-state index contributed by atoms with van der Waals surface area (Å²) in [6.07, 6.45) is 6.01. The number of hydrogen-bond acceptors (Lipinski definition) is 3. The molecule has 0 saturated carbocycles. The van der Waals surface area contributed by atoms with Crippen molar-refractivity contribution in [2.75, 3.05) is 0 Å². The number of fused-ring (bicyclic) bond motifs is 6. The van der Waals surface area contributed by atoms with E-state index in [2.05, 4.69) is 132 Å². The van der Waals surface area contributed by atoms with Crippen molar-refractivity contribution in [1.82, 2.24) is 24.1 Å². The van der Waals surface area contributed by atoms with Gasteiger partial charge in [-0.1, -0.05) is 140 Å². The van der Waals surface area contributed by atoms with Gasteiger partial charge in [-0.05, 0) is 71.8 Å². The van der Waals surface area contributed by atoms with Crippen LogP contribution in [0.25, 0.3) is 95.1 Å². The van der Waals surface area contributed by atoms with Crippen LogP contribution in [0, 0.1) is 6.92 Å². The fourth-order valence-electron chi connectivity index (χ4n) is 7.96. The molecule has 10 rings (SSSR count). The molecule has 0 amide bonds. The van der Waals surface area contributed by atoms with E-state index in [-0.39, 0.29) is 0 Å². The molecule has 0 N–H and O–H groups in total. The first-order valence-electron chi connectivity index (χ1n) is 18.5. The van der Waals surface area contributed by atoms with Crippen molar-refractivity contribution < 1.29 is 0 Å². The van der Waals surface area contributed by atoms with Crippen LogP contribution in [0.4, 0.5) is 0 Å². The van der Waals surface area contributed by atoms with E-state index in [9.17, 15) is 0 Å². The first-order valence-corrected chi connectivity index (χ1v) is 18.5. The molecule has 55 heavy (non-hydrogen) atoms. The van der Waals surface area contributed by atoms with E-state index < -0.39 is 0 Å². The molecule has 0 bridgehead atoms. The van der Waals surface area contributed by atoms with Crippen LogP contribution >= 0.6 is 0 Å². The number of allylic oxidation sites excluding steroid dienone is 2. The van der Waals surface area contributed by atoms with E-state index >= 15 is 0 Å². The summed E-state index contributed by atoms with van der Waals surface area (Å²) in [5, 5.41) is 6.09. The van der Waals surface area contributed by atoms with E-state index in [0.717, 1.165) is 50.3 Å². The summed E-state index contributed by atoms with van der Waals surface area (Å²) in [7, 11) is 0. The van der Waals surface area contributed by atoms with Crippen LogP contribution in [0.3, 0.4) is 0 Å². The second-order valence-electron chi connectivity index (χ2n) is 13.8. The summed E-state index contributed by atoms with van der Waals surface area (Å²) in [6.45, 7) is 6.19. The van der Waals surface area contributed by atoms with Gasteiger partial charge in [0.1, 0.15) is 0 Å². The average molecular weight is 706 g/mol. The van der Waals surface area contributed by atoms with Crippen LogP contribution in [-0.4, -0.2) is 24.1 Å². The summed E-state index contributed by atoms with van der Waals surface area (Å²) >= 11 is 0. The number of aromatic nitrogens is 5. The van der Waals surface area contributed by atoms with Gasteiger partial charge in [0, 0.05) is 49.9 Å². The molecule has 0 fully saturated rings. The molecule has 260 valence electrons. The van der Waals surface area contributed by atoms with Crippen LogP contribution in [-0.2, 0) is 0 Å². The predicted octanol–water partition coefficient (Wildman–Crippen LogP) is 12.6. The highest BCUT2D eigenvalue weighted by molar-refractivity contribution is 6.23. The molecule has 0 aliphatic rings. The molecule has 5 nitrogen and oxygen atoms in total. The van der Waals surface area contributed by atoms with Crippen molar-refractivity contribution in [3.8, 4) is 45.5 Å². The maximum atomic E-state index is 5.06. The zero-order chi connectivity index (χ0) is 36.9. The molecule has 5 heteroatoms. The van der Waals surface area contributed by atoms with Crippen molar-refractivity contribution in [2.45, 2.75) is 6.92 Å². The zero-order valence-corrected chi connectivity index (χ0v) is 30.3. The third kappa shape index (κ3) is 5.44. The van der Waals surface area contributed by atoms with Crippen molar-refractivity contribution in [3.05, 3.63) is 194 Å². The van der Waals surface area contributed by atoms with E-state index in [0.29, 0.717) is 17.5 Å². The van der Waals surface area contributed by atoms with Gasteiger partial charge in [-0.2, -0.15) is 0 Å². The standard InChI is InChI=1S/C50H35N5/c1-3-4-27-43-33(2)41-31-42-46(32-45(41)54(43)38-23-12-7-13-24-38)55(44-29-28-34-17-14-15-26-40(34)47(42)44)39-25-16-22-37(30-39)50-52-48(35-18-8-5-9-19-35)51-49(53-50)36-20-10-6-11-21-36/h3-32H,1H2,2H3/b27-4-. The number of para-hydroxylation sites is 1. The lowest BCUT2D eigenvalue weighted by molar-refractivity contribution is 1.07. The summed E-state index contributed by atoms with van der Waals surface area (Å²) in [4.78, 5) is 15.1. The Bertz CT molecular complexity index is 3040. The smallest absolute Gasteiger partial charge is 0.164 e. The molecule has 0 spiro atoms. The van der Waals surface area contributed by atoms with Crippen molar-refractivity contribution in [1.29, 1.82) is 0 Å². The second kappa shape index (κ2) is 13.2. The van der Waals surface area contributed by atoms with Gasteiger partial charge >= 0.3 is 0 Å². The first-order chi connectivity index (χ1) is 27.2. The minimum atomic E-state index is 0.621. The fourth-order valence-corrected chi connectivity index (χ4v) is 7.96. The fraction of sp³-hybridized carbons (Fsp3) is 0.0200. The Labute approximate surface area is 318 Å². The van der Waals surface area contributed by atoms with Gasteiger partial charge < -0.3 is 9.13 Å². The normalized spacial score (nSPS) is 11.7. The first kappa shape index (κ1) is 32.3. The second-order valence-corrected chi connectivity index (χ2v) is 13.8. The van der Waals surface area contributed by atoms with E-state index in [1.54, 1.807) is 0 Å². The van der Waals surface area contributed by atoms with E-state index in [4.69, 9.17) is 15.0 Å². The van der Waals surface area contributed by atoms with Crippen molar-refractivity contribution in [3.63, 3.8) is 0 Å². The van der Waals surface area contributed by atoms with Gasteiger partial charge in [-0.3, -0.25) is 0 Å². The minimum absolute atomic E-state index is 0.621. The highest BCUT2D eigenvalue weighted by atomic mass is 15.0. The van der Waals surface area contributed by atoms with Crippen LogP contribution in [0.1, 0.15) is 11.3 Å². The maximum Gasteiger partial charge on any atom is 0.164 e. The van der Waals surface area contributed by atoms with E-state index in [1.165, 1.54) is 32.5 Å². The molecular weight excluding hydrogens is 671 g/mol.